The maximum Gasteiger partial charge on any atom is 0.141 e. The highest BCUT2D eigenvalue weighted by Crippen LogP contribution is 2.46. The molecule has 7 heteroatoms. The van der Waals surface area contributed by atoms with Crippen LogP contribution in [0.15, 0.2) is 149 Å². The highest BCUT2D eigenvalue weighted by molar-refractivity contribution is 6.12. The zero-order valence-electron chi connectivity index (χ0n) is 24.8. The Hall–Kier alpha value is -6.34. The van der Waals surface area contributed by atoms with Gasteiger partial charge in [0.25, 0.3) is 0 Å². The highest BCUT2D eigenvalue weighted by atomic mass is 16.5. The van der Waals surface area contributed by atoms with Crippen molar-refractivity contribution in [3.8, 4) is 22.9 Å². The molecule has 0 unspecified atom stereocenters. The third-order valence-corrected chi connectivity index (χ3v) is 8.32. The van der Waals surface area contributed by atoms with E-state index in [-0.39, 0.29) is 0 Å². The third kappa shape index (κ3) is 4.21. The molecule has 9 aromatic rings. The Morgan fingerprint density at radius 3 is 1.91 bits per heavy atom. The fourth-order valence-electron chi connectivity index (χ4n) is 6.28. The maximum absolute atomic E-state index is 7.07. The van der Waals surface area contributed by atoms with Crippen LogP contribution in [0.1, 0.15) is 0 Å². The fraction of sp³-hybridized carbons (Fsp3) is 0.0256. The number of anilines is 3. The summed E-state index contributed by atoms with van der Waals surface area (Å²) in [5, 5.41) is 3.72. The molecule has 0 spiro atoms. The molecule has 0 N–H and O–H groups in total. The smallest absolute Gasteiger partial charge is 0.141 e. The average molecular weight is 599 g/mol. The predicted molar refractivity (Wildman–Crippen MR) is 182 cm³/mol. The van der Waals surface area contributed by atoms with Gasteiger partial charge in [-0.05, 0) is 48.5 Å². The maximum atomic E-state index is 7.07. The first-order valence-corrected chi connectivity index (χ1v) is 15.0. The Labute approximate surface area is 263 Å². The number of ether oxygens (including phenoxy) is 1. The predicted octanol–water partition coefficient (Wildman–Crippen LogP) is 10.5. The number of para-hydroxylation sites is 3. The molecule has 0 saturated heterocycles. The van der Waals surface area contributed by atoms with Crippen LogP contribution in [-0.2, 0) is 7.05 Å². The molecular weight excluding hydrogens is 572 g/mol. The van der Waals surface area contributed by atoms with E-state index in [0.717, 1.165) is 66.9 Å². The second kappa shape index (κ2) is 10.4. The van der Waals surface area contributed by atoms with Crippen LogP contribution in [0.5, 0.6) is 11.5 Å². The van der Waals surface area contributed by atoms with Crippen molar-refractivity contribution < 1.29 is 13.6 Å². The number of pyridine rings is 1. The van der Waals surface area contributed by atoms with Crippen LogP contribution in [0.4, 0.5) is 17.2 Å². The lowest BCUT2D eigenvalue weighted by molar-refractivity contribution is 0.494. The summed E-state index contributed by atoms with van der Waals surface area (Å²) in [5.41, 5.74) is 5.70. The lowest BCUT2D eigenvalue weighted by Gasteiger charge is -2.24. The normalized spacial score (nSPS) is 11.6. The van der Waals surface area contributed by atoms with Crippen molar-refractivity contribution in [3.05, 3.63) is 140 Å². The molecule has 0 amide bonds. The number of rotatable bonds is 6. The van der Waals surface area contributed by atoms with Crippen LogP contribution in [0.25, 0.3) is 55.3 Å². The van der Waals surface area contributed by atoms with Gasteiger partial charge in [0.05, 0.1) is 16.5 Å². The second-order valence-electron chi connectivity index (χ2n) is 11.2. The molecule has 0 fully saturated rings. The number of fused-ring (bicyclic) bond motifs is 6. The van der Waals surface area contributed by atoms with Crippen molar-refractivity contribution >= 4 is 61.1 Å². The van der Waals surface area contributed by atoms with Gasteiger partial charge in [-0.2, -0.15) is 0 Å². The minimum atomic E-state index is 0.651. The van der Waals surface area contributed by atoms with E-state index < -0.39 is 0 Å². The van der Waals surface area contributed by atoms with E-state index in [4.69, 9.17) is 18.6 Å². The number of hydrogen-bond donors (Lipinski definition) is 0. The largest absolute Gasteiger partial charge is 0.456 e. The summed E-state index contributed by atoms with van der Waals surface area (Å²) in [6.07, 6.45) is 5.52. The van der Waals surface area contributed by atoms with Gasteiger partial charge in [0.1, 0.15) is 45.5 Å². The van der Waals surface area contributed by atoms with E-state index >= 15 is 0 Å². The summed E-state index contributed by atoms with van der Waals surface area (Å²) in [7, 11) is 1.98. The van der Waals surface area contributed by atoms with E-state index in [1.54, 1.807) is 12.4 Å². The molecule has 4 heterocycles. The third-order valence-electron chi connectivity index (χ3n) is 8.32. The first kappa shape index (κ1) is 26.1. The minimum absolute atomic E-state index is 0.651. The Kier molecular flexibility index (Phi) is 5.89. The number of aromatic nitrogens is 3. The molecule has 0 aliphatic carbocycles. The first-order valence-electron chi connectivity index (χ1n) is 15.0. The van der Waals surface area contributed by atoms with Crippen LogP contribution in [-0.4, -0.2) is 14.5 Å². The number of aryl methyl sites for hydroxylation is 1. The quantitative estimate of drug-likeness (QED) is 0.190. The first-order chi connectivity index (χ1) is 22.7. The van der Waals surface area contributed by atoms with E-state index in [0.29, 0.717) is 17.1 Å². The summed E-state index contributed by atoms with van der Waals surface area (Å²) in [5.74, 6) is 2.89. The number of imidazole rings is 1. The molecule has 7 nitrogen and oxygen atoms in total. The van der Waals surface area contributed by atoms with Crippen molar-refractivity contribution in [1.29, 1.82) is 0 Å². The zero-order chi connectivity index (χ0) is 30.6. The Bertz CT molecular complexity index is 2490. The van der Waals surface area contributed by atoms with Gasteiger partial charge in [-0.25, -0.2) is 9.97 Å². The summed E-state index contributed by atoms with van der Waals surface area (Å²) in [6, 6.07) is 40.3. The molecule has 0 bridgehead atoms. The molecule has 0 aliphatic heterocycles. The van der Waals surface area contributed by atoms with Crippen molar-refractivity contribution in [2.45, 2.75) is 0 Å². The summed E-state index contributed by atoms with van der Waals surface area (Å²) in [4.78, 5) is 11.4. The molecule has 0 saturated carbocycles. The van der Waals surface area contributed by atoms with Crippen molar-refractivity contribution in [3.63, 3.8) is 0 Å². The number of nitrogens with zero attached hydrogens (tertiary/aromatic N) is 4. The Morgan fingerprint density at radius 2 is 1.24 bits per heavy atom. The van der Waals surface area contributed by atoms with Gasteiger partial charge in [-0.3, -0.25) is 4.90 Å². The molecule has 46 heavy (non-hydrogen) atoms. The standard InChI is InChI=1S/C39H26N4O3/c1-42-20-19-41-39(42)25-21-32-37(28-13-5-7-15-30(28)44-32)33(22-25)46-35-24-27(23-34-38(35)29-14-6-8-16-31(29)45-34)43(26-11-3-2-4-12-26)36-17-9-10-18-40-36/h2-24H,1H3. The Balaban J connectivity index is 1.32. The zero-order valence-corrected chi connectivity index (χ0v) is 24.8. The van der Waals surface area contributed by atoms with Gasteiger partial charge >= 0.3 is 0 Å². The number of hydrogen-bond acceptors (Lipinski definition) is 6. The van der Waals surface area contributed by atoms with Gasteiger partial charge in [-0.15, -0.1) is 0 Å². The molecule has 4 aromatic heterocycles. The van der Waals surface area contributed by atoms with E-state index in [9.17, 15) is 0 Å². The van der Waals surface area contributed by atoms with Gasteiger partial charge < -0.3 is 18.1 Å². The molecule has 0 aliphatic rings. The van der Waals surface area contributed by atoms with E-state index in [1.807, 2.05) is 103 Å². The van der Waals surface area contributed by atoms with Crippen molar-refractivity contribution in [2.75, 3.05) is 4.90 Å². The lowest BCUT2D eigenvalue weighted by atomic mass is 10.1. The van der Waals surface area contributed by atoms with Gasteiger partial charge in [-0.1, -0.05) is 60.7 Å². The van der Waals surface area contributed by atoms with Crippen LogP contribution >= 0.6 is 0 Å². The molecule has 0 radical (unpaired) electrons. The number of furan rings is 2. The van der Waals surface area contributed by atoms with Crippen LogP contribution in [0, 0.1) is 0 Å². The van der Waals surface area contributed by atoms with Crippen molar-refractivity contribution in [2.24, 2.45) is 7.05 Å². The molecule has 220 valence electrons. The summed E-state index contributed by atoms with van der Waals surface area (Å²) >= 11 is 0. The summed E-state index contributed by atoms with van der Waals surface area (Å²) < 4.78 is 21.9. The average Bonchev–Trinajstić information content (AvgIpc) is 3.80. The second-order valence-corrected chi connectivity index (χ2v) is 11.2. The molecule has 5 aromatic carbocycles. The SMILES string of the molecule is Cn1ccnc1-c1cc(Oc2cc(N(c3ccccc3)c3ccccn3)cc3oc4ccccc4c23)c2c(c1)oc1ccccc12. The van der Waals surface area contributed by atoms with Gasteiger partial charge in [0, 0.05) is 59.8 Å². The van der Waals surface area contributed by atoms with Crippen molar-refractivity contribution in [1.82, 2.24) is 14.5 Å². The topological polar surface area (TPSA) is 69.5 Å². The molecular formula is C39H26N4O3. The summed E-state index contributed by atoms with van der Waals surface area (Å²) in [6.45, 7) is 0. The van der Waals surface area contributed by atoms with Crippen LogP contribution in [0.3, 0.4) is 0 Å². The molecule has 0 atom stereocenters. The lowest BCUT2D eigenvalue weighted by Crippen LogP contribution is -2.11. The van der Waals surface area contributed by atoms with Gasteiger partial charge in [0.2, 0.25) is 0 Å². The van der Waals surface area contributed by atoms with E-state index in [1.165, 1.54) is 0 Å². The van der Waals surface area contributed by atoms with Gasteiger partial charge in [0.15, 0.2) is 0 Å². The fourth-order valence-corrected chi connectivity index (χ4v) is 6.28. The highest BCUT2D eigenvalue weighted by Gasteiger charge is 2.23. The van der Waals surface area contributed by atoms with E-state index in [2.05, 4.69) is 46.3 Å². The Morgan fingerprint density at radius 1 is 0.587 bits per heavy atom. The number of benzene rings is 5. The molecule has 9 rings (SSSR count). The monoisotopic (exact) mass is 598 g/mol. The minimum Gasteiger partial charge on any atom is -0.456 e. The van der Waals surface area contributed by atoms with Crippen LogP contribution < -0.4 is 9.64 Å². The van der Waals surface area contributed by atoms with Crippen LogP contribution in [0.2, 0.25) is 0 Å².